The number of hydrogen-bond donors (Lipinski definition) is 1. The molecule has 128 valence electrons. The maximum absolute atomic E-state index is 12.7. The molecule has 1 unspecified atom stereocenters. The van der Waals surface area contributed by atoms with E-state index < -0.39 is 0 Å². The molecule has 2 aliphatic rings. The van der Waals surface area contributed by atoms with E-state index in [9.17, 15) is 4.79 Å². The molecule has 1 fully saturated rings. The minimum Gasteiger partial charge on any atom is -0.337 e. The van der Waals surface area contributed by atoms with Crippen LogP contribution < -0.4 is 5.32 Å². The highest BCUT2D eigenvalue weighted by molar-refractivity contribution is 7.80. The predicted octanol–water partition coefficient (Wildman–Crippen LogP) is 3.13. The topological polar surface area (TPSA) is 35.6 Å². The normalized spacial score (nSPS) is 19.2. The number of nitrogens with zero attached hydrogens (tertiary/aromatic N) is 2. The first-order chi connectivity index (χ1) is 12.1. The Morgan fingerprint density at radius 2 is 2.04 bits per heavy atom. The smallest absolute Gasteiger partial charge is 0.242 e. The molecule has 0 aliphatic carbocycles. The Labute approximate surface area is 153 Å². The second-order valence-corrected chi connectivity index (χ2v) is 7.12. The van der Waals surface area contributed by atoms with Gasteiger partial charge in [-0.25, -0.2) is 0 Å². The highest BCUT2D eigenvalue weighted by Crippen LogP contribution is 2.33. The van der Waals surface area contributed by atoms with Gasteiger partial charge in [-0.2, -0.15) is 0 Å². The number of carbonyl (C=O) groups is 1. The fourth-order valence-electron chi connectivity index (χ4n) is 3.75. The number of rotatable bonds is 1. The maximum Gasteiger partial charge on any atom is 0.242 e. The predicted molar refractivity (Wildman–Crippen MR) is 104 cm³/mol. The molecular weight excluding hydrogens is 330 g/mol. The molecule has 4 nitrogen and oxygen atoms in total. The van der Waals surface area contributed by atoms with Gasteiger partial charge in [0.25, 0.3) is 0 Å². The first-order valence-electron chi connectivity index (χ1n) is 8.62. The zero-order valence-electron chi connectivity index (χ0n) is 14.2. The second kappa shape index (κ2) is 6.48. The summed E-state index contributed by atoms with van der Waals surface area (Å²) in [4.78, 5) is 16.7. The second-order valence-electron chi connectivity index (χ2n) is 6.73. The first kappa shape index (κ1) is 16.1. The number of hydrogen-bond acceptors (Lipinski definition) is 2. The van der Waals surface area contributed by atoms with Crippen molar-refractivity contribution in [2.24, 2.45) is 0 Å². The molecule has 0 bridgehead atoms. The van der Waals surface area contributed by atoms with Crippen LogP contribution in [0.2, 0.25) is 0 Å². The molecule has 1 amide bonds. The molecule has 25 heavy (non-hydrogen) atoms. The van der Waals surface area contributed by atoms with Gasteiger partial charge in [-0.15, -0.1) is 0 Å². The van der Waals surface area contributed by atoms with Crippen molar-refractivity contribution in [1.29, 1.82) is 0 Å². The molecule has 2 heterocycles. The summed E-state index contributed by atoms with van der Waals surface area (Å²) in [5.41, 5.74) is 4.74. The first-order valence-corrected chi connectivity index (χ1v) is 9.02. The third kappa shape index (κ3) is 3.12. The number of amides is 1. The van der Waals surface area contributed by atoms with Crippen LogP contribution in [-0.2, 0) is 11.2 Å². The lowest BCUT2D eigenvalue weighted by Crippen LogP contribution is -2.56. The monoisotopic (exact) mass is 351 g/mol. The number of thiocarbonyl (C=S) groups is 1. The molecule has 5 heteroatoms. The van der Waals surface area contributed by atoms with Gasteiger partial charge in [0.05, 0.1) is 12.6 Å². The number of carbonyl (C=O) groups excluding carboxylic acids is 1. The van der Waals surface area contributed by atoms with Crippen LogP contribution >= 0.6 is 12.2 Å². The van der Waals surface area contributed by atoms with Gasteiger partial charge >= 0.3 is 0 Å². The Morgan fingerprint density at radius 1 is 1.20 bits per heavy atom. The molecule has 0 saturated carbocycles. The van der Waals surface area contributed by atoms with Crippen LogP contribution in [0.5, 0.6) is 0 Å². The van der Waals surface area contributed by atoms with Gasteiger partial charge in [-0.1, -0.05) is 36.4 Å². The molecule has 0 spiro atoms. The van der Waals surface area contributed by atoms with Crippen LogP contribution in [0.4, 0.5) is 5.69 Å². The van der Waals surface area contributed by atoms with Crippen molar-refractivity contribution in [3.63, 3.8) is 0 Å². The average Bonchev–Trinajstić information content (AvgIpc) is 2.61. The number of piperazine rings is 1. The molecule has 1 N–H and O–H groups in total. The van der Waals surface area contributed by atoms with Crippen molar-refractivity contribution in [3.05, 3.63) is 65.2 Å². The van der Waals surface area contributed by atoms with E-state index in [1.807, 2.05) is 21.9 Å². The summed E-state index contributed by atoms with van der Waals surface area (Å²) in [6.45, 7) is 3.93. The van der Waals surface area contributed by atoms with E-state index in [1.54, 1.807) is 0 Å². The summed E-state index contributed by atoms with van der Waals surface area (Å²) < 4.78 is 0. The number of nitrogens with one attached hydrogen (secondary N) is 1. The molecule has 0 aromatic heterocycles. The highest BCUT2D eigenvalue weighted by Gasteiger charge is 2.37. The molecule has 4 rings (SSSR count). The zero-order chi connectivity index (χ0) is 17.4. The average molecular weight is 351 g/mol. The molecule has 2 aromatic carbocycles. The third-order valence-corrected chi connectivity index (χ3v) is 5.37. The third-order valence-electron chi connectivity index (χ3n) is 5.01. The van der Waals surface area contributed by atoms with Crippen molar-refractivity contribution in [2.45, 2.75) is 19.4 Å². The number of benzene rings is 2. The van der Waals surface area contributed by atoms with E-state index in [0.29, 0.717) is 11.7 Å². The minimum atomic E-state index is 0.0865. The molecule has 2 aliphatic heterocycles. The summed E-state index contributed by atoms with van der Waals surface area (Å²) in [5.74, 6) is 0.152. The van der Waals surface area contributed by atoms with Gasteiger partial charge in [0.2, 0.25) is 5.91 Å². The fraction of sp³-hybridized carbons (Fsp3) is 0.300. The molecule has 1 atom stereocenters. The maximum atomic E-state index is 12.7. The lowest BCUT2D eigenvalue weighted by atomic mass is 9.91. The van der Waals surface area contributed by atoms with Gasteiger partial charge < -0.3 is 15.1 Å². The highest BCUT2D eigenvalue weighted by atomic mass is 32.1. The Hall–Kier alpha value is -2.40. The van der Waals surface area contributed by atoms with Crippen molar-refractivity contribution in [3.8, 4) is 0 Å². The summed E-state index contributed by atoms with van der Waals surface area (Å²) in [7, 11) is 0. The molecule has 2 aromatic rings. The van der Waals surface area contributed by atoms with Crippen LogP contribution in [0.25, 0.3) is 0 Å². The van der Waals surface area contributed by atoms with Crippen LogP contribution in [0.1, 0.15) is 22.7 Å². The van der Waals surface area contributed by atoms with Crippen LogP contribution in [0, 0.1) is 6.92 Å². The fourth-order valence-corrected chi connectivity index (χ4v) is 4.01. The SMILES string of the molecule is Cc1cccc(NC(=S)N2CC(=O)N3CCc4ccccc4C3C2)c1. The van der Waals surface area contributed by atoms with Crippen LogP contribution in [0.3, 0.4) is 0 Å². The van der Waals surface area contributed by atoms with Crippen molar-refractivity contribution >= 4 is 28.9 Å². The van der Waals surface area contributed by atoms with Gasteiger partial charge in [0.15, 0.2) is 5.11 Å². The van der Waals surface area contributed by atoms with Crippen molar-refractivity contribution < 1.29 is 4.79 Å². The van der Waals surface area contributed by atoms with Crippen LogP contribution in [0.15, 0.2) is 48.5 Å². The van der Waals surface area contributed by atoms with Gasteiger partial charge in [0, 0.05) is 18.8 Å². The van der Waals surface area contributed by atoms with Gasteiger partial charge in [0.1, 0.15) is 0 Å². The van der Waals surface area contributed by atoms with E-state index >= 15 is 0 Å². The van der Waals surface area contributed by atoms with E-state index in [0.717, 1.165) is 25.2 Å². The van der Waals surface area contributed by atoms with Gasteiger partial charge in [-0.3, -0.25) is 4.79 Å². The van der Waals surface area contributed by atoms with Crippen molar-refractivity contribution in [1.82, 2.24) is 9.80 Å². The number of aryl methyl sites for hydroxylation is 1. The van der Waals surface area contributed by atoms with E-state index in [4.69, 9.17) is 12.2 Å². The lowest BCUT2D eigenvalue weighted by Gasteiger charge is -2.45. The quantitative estimate of drug-likeness (QED) is 0.801. The zero-order valence-corrected chi connectivity index (χ0v) is 15.1. The molecular formula is C20H21N3OS. The van der Waals surface area contributed by atoms with E-state index in [2.05, 4.69) is 48.6 Å². The summed E-state index contributed by atoms with van der Waals surface area (Å²) in [6.07, 6.45) is 0.935. The summed E-state index contributed by atoms with van der Waals surface area (Å²) in [6, 6.07) is 16.6. The van der Waals surface area contributed by atoms with E-state index in [-0.39, 0.29) is 11.9 Å². The Morgan fingerprint density at radius 3 is 2.88 bits per heavy atom. The molecule has 0 radical (unpaired) electrons. The number of anilines is 1. The Bertz CT molecular complexity index is 835. The minimum absolute atomic E-state index is 0.0865. The summed E-state index contributed by atoms with van der Waals surface area (Å²) in [5, 5.41) is 3.89. The van der Waals surface area contributed by atoms with Gasteiger partial charge in [-0.05, 0) is 54.4 Å². The lowest BCUT2D eigenvalue weighted by molar-refractivity contribution is -0.138. The largest absolute Gasteiger partial charge is 0.337 e. The Balaban J connectivity index is 1.55. The summed E-state index contributed by atoms with van der Waals surface area (Å²) >= 11 is 5.59. The Kier molecular flexibility index (Phi) is 4.17. The van der Waals surface area contributed by atoms with Crippen molar-refractivity contribution in [2.75, 3.05) is 25.0 Å². The number of fused-ring (bicyclic) bond motifs is 3. The van der Waals surface area contributed by atoms with E-state index in [1.165, 1.54) is 16.7 Å². The standard InChI is InChI=1S/C20H21N3OS/c1-14-5-4-7-16(11-14)21-20(25)22-12-18-17-8-3-2-6-15(17)9-10-23(18)19(24)13-22/h2-8,11,18H,9-10,12-13H2,1H3,(H,21,25). The van der Waals surface area contributed by atoms with Crippen LogP contribution in [-0.4, -0.2) is 40.5 Å². The molecule has 1 saturated heterocycles.